The van der Waals surface area contributed by atoms with Crippen LogP contribution in [0.4, 0.5) is 5.69 Å². The van der Waals surface area contributed by atoms with Gasteiger partial charge in [-0.2, -0.15) is 0 Å². The molecule has 3 rings (SSSR count). The van der Waals surface area contributed by atoms with Crippen LogP contribution in [-0.2, 0) is 4.79 Å². The van der Waals surface area contributed by atoms with Crippen LogP contribution in [0.5, 0.6) is 0 Å². The number of nitrogen functional groups attached to an aromatic ring is 1. The lowest BCUT2D eigenvalue weighted by molar-refractivity contribution is -0.115. The van der Waals surface area contributed by atoms with Crippen molar-refractivity contribution < 1.29 is 4.79 Å². The quantitative estimate of drug-likeness (QED) is 0.440. The number of nitrogens with one attached hydrogen (secondary N) is 1. The van der Waals surface area contributed by atoms with E-state index in [1.807, 2.05) is 56.3 Å². The lowest BCUT2D eigenvalue weighted by atomic mass is 9.97. The van der Waals surface area contributed by atoms with Gasteiger partial charge in [-0.05, 0) is 37.8 Å². The van der Waals surface area contributed by atoms with E-state index < -0.39 is 0 Å². The van der Waals surface area contributed by atoms with Gasteiger partial charge in [-0.25, -0.2) is 4.68 Å². The van der Waals surface area contributed by atoms with Crippen LogP contribution in [0.3, 0.4) is 0 Å². The summed E-state index contributed by atoms with van der Waals surface area (Å²) in [7, 11) is 0. The molecule has 0 spiro atoms. The van der Waals surface area contributed by atoms with Gasteiger partial charge >= 0.3 is 0 Å². The van der Waals surface area contributed by atoms with E-state index in [0.29, 0.717) is 16.9 Å². The smallest absolute Gasteiger partial charge is 0.237 e. The number of nitrogens with two attached hydrogens (primary N) is 1. The Morgan fingerprint density at radius 2 is 1.83 bits per heavy atom. The van der Waals surface area contributed by atoms with E-state index >= 15 is 0 Å². The van der Waals surface area contributed by atoms with Gasteiger partial charge in [0.25, 0.3) is 0 Å². The Morgan fingerprint density at radius 3 is 2.52 bits per heavy atom. The third-order valence-corrected chi connectivity index (χ3v) is 6.04. The maximum atomic E-state index is 12.8. The van der Waals surface area contributed by atoms with Gasteiger partial charge in [-0.15, -0.1) is 10.2 Å². The number of aryl methyl sites for hydroxylation is 1. The van der Waals surface area contributed by atoms with Crippen LogP contribution in [0.1, 0.15) is 44.2 Å². The van der Waals surface area contributed by atoms with E-state index in [-0.39, 0.29) is 11.2 Å². The van der Waals surface area contributed by atoms with Crippen LogP contribution in [0, 0.1) is 6.92 Å². The first kappa shape index (κ1) is 20.9. The third kappa shape index (κ3) is 4.79. The molecule has 3 aromatic rings. The number of hydrogen-bond acceptors (Lipinski definition) is 5. The van der Waals surface area contributed by atoms with Gasteiger partial charge in [-0.1, -0.05) is 73.6 Å². The minimum atomic E-state index is -0.377. The van der Waals surface area contributed by atoms with Crippen molar-refractivity contribution >= 4 is 23.4 Å². The molecule has 1 aromatic heterocycles. The number of carbonyl (C=O) groups excluding carboxylic acids is 1. The van der Waals surface area contributed by atoms with Crippen LogP contribution in [0.25, 0.3) is 11.4 Å². The van der Waals surface area contributed by atoms with Crippen molar-refractivity contribution in [3.05, 3.63) is 59.7 Å². The molecule has 0 unspecified atom stereocenters. The fraction of sp³-hybridized carbons (Fsp3) is 0.318. The molecule has 7 heteroatoms. The van der Waals surface area contributed by atoms with E-state index in [4.69, 9.17) is 5.84 Å². The third-order valence-electron chi connectivity index (χ3n) is 4.99. The van der Waals surface area contributed by atoms with Crippen molar-refractivity contribution in [2.24, 2.45) is 0 Å². The summed E-state index contributed by atoms with van der Waals surface area (Å²) in [5.74, 6) is 7.05. The van der Waals surface area contributed by atoms with E-state index in [1.165, 1.54) is 16.4 Å². The topological polar surface area (TPSA) is 85.8 Å². The first-order valence-electron chi connectivity index (χ1n) is 9.74. The van der Waals surface area contributed by atoms with Crippen LogP contribution < -0.4 is 11.2 Å². The number of benzene rings is 2. The van der Waals surface area contributed by atoms with Crippen molar-refractivity contribution in [3.8, 4) is 11.4 Å². The van der Waals surface area contributed by atoms with Gasteiger partial charge in [0.15, 0.2) is 5.82 Å². The normalized spacial score (nSPS) is 13.1. The molecule has 0 bridgehead atoms. The van der Waals surface area contributed by atoms with Gasteiger partial charge in [0.05, 0.1) is 5.25 Å². The number of para-hydroxylation sites is 1. The number of anilines is 1. The van der Waals surface area contributed by atoms with Crippen molar-refractivity contribution in [1.29, 1.82) is 0 Å². The minimum Gasteiger partial charge on any atom is -0.335 e. The second kappa shape index (κ2) is 9.13. The summed E-state index contributed by atoms with van der Waals surface area (Å²) in [5, 5.41) is 11.5. The van der Waals surface area contributed by atoms with E-state index in [9.17, 15) is 4.79 Å². The Balaban J connectivity index is 1.72. The highest BCUT2D eigenvalue weighted by Gasteiger charge is 2.21. The minimum absolute atomic E-state index is 0.0920. The molecular weight excluding hydrogens is 382 g/mol. The Kier molecular flexibility index (Phi) is 6.59. The molecule has 1 heterocycles. The van der Waals surface area contributed by atoms with E-state index in [2.05, 4.69) is 35.4 Å². The molecule has 0 aliphatic carbocycles. The van der Waals surface area contributed by atoms with Crippen molar-refractivity contribution in [2.75, 3.05) is 11.2 Å². The summed E-state index contributed by atoms with van der Waals surface area (Å²) in [5.41, 5.74) is 4.05. The number of aromatic nitrogens is 3. The van der Waals surface area contributed by atoms with Crippen molar-refractivity contribution in [2.45, 2.75) is 50.4 Å². The average molecular weight is 410 g/mol. The molecule has 0 radical (unpaired) electrons. The van der Waals surface area contributed by atoms with Crippen molar-refractivity contribution in [1.82, 2.24) is 14.9 Å². The molecule has 2 atom stereocenters. The first-order valence-corrected chi connectivity index (χ1v) is 10.6. The molecule has 0 saturated carbocycles. The zero-order chi connectivity index (χ0) is 21.0. The second-order valence-electron chi connectivity index (χ2n) is 7.19. The Labute approximate surface area is 175 Å². The highest BCUT2D eigenvalue weighted by atomic mass is 32.2. The Morgan fingerprint density at radius 1 is 1.14 bits per heavy atom. The van der Waals surface area contributed by atoms with Gasteiger partial charge < -0.3 is 11.2 Å². The zero-order valence-electron chi connectivity index (χ0n) is 17.2. The number of thioether (sulfide) groups is 1. The lowest BCUT2D eigenvalue weighted by Gasteiger charge is -2.17. The Hall–Kier alpha value is -2.80. The summed E-state index contributed by atoms with van der Waals surface area (Å²) < 4.78 is 1.44. The summed E-state index contributed by atoms with van der Waals surface area (Å²) in [6.45, 7) is 8.16. The van der Waals surface area contributed by atoms with Gasteiger partial charge in [0.1, 0.15) is 0 Å². The highest BCUT2D eigenvalue weighted by molar-refractivity contribution is 8.00. The summed E-state index contributed by atoms with van der Waals surface area (Å²) in [6, 6.07) is 15.9. The fourth-order valence-corrected chi connectivity index (χ4v) is 3.73. The standard InChI is InChI=1S/C22H27N5OS/c1-5-15(3)18-8-6-7-9-19(18)24-21(28)16(4)29-22-26-25-20(27(22)23)17-12-10-14(2)11-13-17/h6-13,15-16H,5,23H2,1-4H3,(H,24,28)/t15-,16-/m0/s1. The average Bonchev–Trinajstić information content (AvgIpc) is 3.08. The number of nitrogens with zero attached hydrogens (tertiary/aromatic N) is 3. The number of amides is 1. The van der Waals surface area contributed by atoms with Crippen LogP contribution >= 0.6 is 11.8 Å². The predicted octanol–water partition coefficient (Wildman–Crippen LogP) is 4.60. The molecular formula is C22H27N5OS. The number of hydrogen-bond donors (Lipinski definition) is 2. The Bertz CT molecular complexity index is 983. The maximum Gasteiger partial charge on any atom is 0.237 e. The van der Waals surface area contributed by atoms with Crippen LogP contribution in [0.15, 0.2) is 53.7 Å². The molecule has 0 aliphatic rings. The molecule has 152 valence electrons. The summed E-state index contributed by atoms with van der Waals surface area (Å²) >= 11 is 1.29. The molecule has 0 aliphatic heterocycles. The van der Waals surface area contributed by atoms with Crippen LogP contribution in [0.2, 0.25) is 0 Å². The number of carbonyl (C=O) groups is 1. The molecule has 0 fully saturated rings. The highest BCUT2D eigenvalue weighted by Crippen LogP contribution is 2.29. The molecule has 0 saturated heterocycles. The van der Waals surface area contributed by atoms with Gasteiger partial charge in [0, 0.05) is 11.3 Å². The summed E-state index contributed by atoms with van der Waals surface area (Å²) in [4.78, 5) is 12.8. The number of rotatable bonds is 7. The first-order chi connectivity index (χ1) is 13.9. The van der Waals surface area contributed by atoms with Gasteiger partial charge in [-0.3, -0.25) is 4.79 Å². The molecule has 1 amide bonds. The van der Waals surface area contributed by atoms with E-state index in [0.717, 1.165) is 28.8 Å². The second-order valence-corrected chi connectivity index (χ2v) is 8.50. The van der Waals surface area contributed by atoms with Crippen LogP contribution in [-0.4, -0.2) is 26.0 Å². The molecule has 3 N–H and O–H groups in total. The van der Waals surface area contributed by atoms with E-state index in [1.54, 1.807) is 0 Å². The fourth-order valence-electron chi connectivity index (χ4n) is 2.96. The largest absolute Gasteiger partial charge is 0.335 e. The molecule has 6 nitrogen and oxygen atoms in total. The van der Waals surface area contributed by atoms with Crippen molar-refractivity contribution in [3.63, 3.8) is 0 Å². The summed E-state index contributed by atoms with van der Waals surface area (Å²) in [6.07, 6.45) is 1.01. The maximum absolute atomic E-state index is 12.8. The molecule has 29 heavy (non-hydrogen) atoms. The molecule has 2 aromatic carbocycles. The van der Waals surface area contributed by atoms with Gasteiger partial charge in [0.2, 0.25) is 11.1 Å². The zero-order valence-corrected chi connectivity index (χ0v) is 18.0. The SMILES string of the molecule is CC[C@H](C)c1ccccc1NC(=O)[C@H](C)Sc1nnc(-c2ccc(C)cc2)n1N. The lowest BCUT2D eigenvalue weighted by Crippen LogP contribution is -2.24. The predicted molar refractivity (Wildman–Crippen MR) is 119 cm³/mol. The monoisotopic (exact) mass is 409 g/mol.